The SMILES string of the molecule is COCCNS(=O)(=O)Nc1nccc(Cc2cc(C(=O)NOC)c(Nc3ccc(I)cc3F)n(C)c2=O)c1F. The molecular formula is C23H25F2IN6O6S. The third-order valence-corrected chi connectivity index (χ3v) is 7.01. The Balaban J connectivity index is 2.00. The van der Waals surface area contributed by atoms with Crippen LogP contribution in [0.15, 0.2) is 41.3 Å². The molecule has 2 aromatic heterocycles. The van der Waals surface area contributed by atoms with E-state index < -0.39 is 39.1 Å². The lowest BCUT2D eigenvalue weighted by Crippen LogP contribution is -2.33. The van der Waals surface area contributed by atoms with E-state index in [0.717, 1.165) is 4.57 Å². The molecule has 12 nitrogen and oxygen atoms in total. The van der Waals surface area contributed by atoms with Crippen LogP contribution in [0.5, 0.6) is 0 Å². The van der Waals surface area contributed by atoms with E-state index in [0.29, 0.717) is 3.57 Å². The molecule has 0 saturated heterocycles. The van der Waals surface area contributed by atoms with Crippen molar-refractivity contribution in [1.29, 1.82) is 0 Å². The van der Waals surface area contributed by atoms with Crippen LogP contribution in [0.2, 0.25) is 0 Å². The van der Waals surface area contributed by atoms with E-state index in [1.807, 2.05) is 27.3 Å². The van der Waals surface area contributed by atoms with Crippen molar-refractivity contribution in [3.8, 4) is 0 Å². The van der Waals surface area contributed by atoms with Crippen LogP contribution in [-0.2, 0) is 33.3 Å². The summed E-state index contributed by atoms with van der Waals surface area (Å²) in [4.78, 5) is 34.5. The fourth-order valence-electron chi connectivity index (χ4n) is 3.46. The van der Waals surface area contributed by atoms with Crippen molar-refractivity contribution in [2.45, 2.75) is 6.42 Å². The predicted octanol–water partition coefficient (Wildman–Crippen LogP) is 2.18. The Morgan fingerprint density at radius 1 is 1.15 bits per heavy atom. The summed E-state index contributed by atoms with van der Waals surface area (Å²) < 4.78 is 64.8. The third kappa shape index (κ3) is 7.69. The van der Waals surface area contributed by atoms with E-state index in [2.05, 4.69) is 20.5 Å². The van der Waals surface area contributed by atoms with Crippen molar-refractivity contribution in [3.05, 3.63) is 78.8 Å². The summed E-state index contributed by atoms with van der Waals surface area (Å²) in [6, 6.07) is 6.85. The Bertz CT molecular complexity index is 1540. The molecule has 210 valence electrons. The number of halogens is 3. The topological polar surface area (TPSA) is 153 Å². The fourth-order valence-corrected chi connectivity index (χ4v) is 4.73. The Morgan fingerprint density at radius 3 is 2.56 bits per heavy atom. The number of methoxy groups -OCH3 is 1. The van der Waals surface area contributed by atoms with Gasteiger partial charge in [-0.2, -0.15) is 13.1 Å². The molecule has 2 heterocycles. The lowest BCUT2D eigenvalue weighted by atomic mass is 10.0. The quantitative estimate of drug-likeness (QED) is 0.129. The van der Waals surface area contributed by atoms with Crippen LogP contribution in [-0.4, -0.2) is 51.2 Å². The zero-order valence-corrected chi connectivity index (χ0v) is 23.9. The van der Waals surface area contributed by atoms with Gasteiger partial charge in [-0.15, -0.1) is 0 Å². The monoisotopic (exact) mass is 678 g/mol. The number of anilines is 3. The standard InChI is InChI=1S/C23H25F2IN6O6S/c1-32-21(29-18-5-4-15(26)12-17(18)24)16(22(33)30-38-3)11-14(23(32)34)10-13-6-7-27-20(19(13)25)31-39(35,36)28-8-9-37-2/h4-7,11-12,28-29H,8-10H2,1-3H3,(H,27,31)(H,30,33). The number of hydrogen-bond donors (Lipinski definition) is 4. The number of aromatic nitrogens is 2. The van der Waals surface area contributed by atoms with Crippen LogP contribution in [0.3, 0.4) is 0 Å². The summed E-state index contributed by atoms with van der Waals surface area (Å²) in [7, 11) is -0.190. The van der Waals surface area contributed by atoms with Gasteiger partial charge in [-0.05, 0) is 58.5 Å². The van der Waals surface area contributed by atoms with E-state index in [-0.39, 0.29) is 47.8 Å². The van der Waals surface area contributed by atoms with Crippen molar-refractivity contribution in [2.24, 2.45) is 7.05 Å². The summed E-state index contributed by atoms with van der Waals surface area (Å²) in [5, 5.41) is 2.77. The predicted molar refractivity (Wildman–Crippen MR) is 148 cm³/mol. The van der Waals surface area contributed by atoms with Gasteiger partial charge in [-0.3, -0.25) is 23.7 Å². The zero-order chi connectivity index (χ0) is 28.7. The molecule has 0 aliphatic carbocycles. The van der Waals surface area contributed by atoms with Gasteiger partial charge in [-0.25, -0.2) is 19.2 Å². The Morgan fingerprint density at radius 2 is 1.90 bits per heavy atom. The van der Waals surface area contributed by atoms with E-state index in [9.17, 15) is 22.4 Å². The normalized spacial score (nSPS) is 11.3. The van der Waals surface area contributed by atoms with Gasteiger partial charge in [0.2, 0.25) is 0 Å². The van der Waals surface area contributed by atoms with Crippen LogP contribution in [0, 0.1) is 15.2 Å². The molecule has 0 radical (unpaired) electrons. The van der Waals surface area contributed by atoms with Gasteiger partial charge in [0, 0.05) is 42.5 Å². The van der Waals surface area contributed by atoms with E-state index in [4.69, 9.17) is 9.57 Å². The molecule has 0 atom stereocenters. The lowest BCUT2D eigenvalue weighted by molar-refractivity contribution is 0.0538. The molecule has 3 rings (SSSR count). The van der Waals surface area contributed by atoms with Crippen LogP contribution in [0.25, 0.3) is 0 Å². The number of hydroxylamine groups is 1. The van der Waals surface area contributed by atoms with E-state index in [1.165, 1.54) is 51.7 Å². The highest BCUT2D eigenvalue weighted by Gasteiger charge is 2.22. The Hall–Kier alpha value is -3.19. The molecule has 1 aromatic carbocycles. The van der Waals surface area contributed by atoms with Gasteiger partial charge in [0.05, 0.1) is 25.0 Å². The minimum atomic E-state index is -4.15. The molecule has 4 N–H and O–H groups in total. The minimum Gasteiger partial charge on any atom is -0.383 e. The molecule has 3 aromatic rings. The summed E-state index contributed by atoms with van der Waals surface area (Å²) in [6.45, 7) is 0.0439. The largest absolute Gasteiger partial charge is 0.383 e. The number of pyridine rings is 2. The molecule has 0 aliphatic rings. The van der Waals surface area contributed by atoms with E-state index in [1.54, 1.807) is 6.07 Å². The molecule has 0 saturated carbocycles. The molecule has 1 amide bonds. The first kappa shape index (κ1) is 30.4. The zero-order valence-electron chi connectivity index (χ0n) is 21.0. The van der Waals surface area contributed by atoms with Crippen LogP contribution in [0.4, 0.5) is 26.1 Å². The van der Waals surface area contributed by atoms with Gasteiger partial charge in [0.1, 0.15) is 11.6 Å². The molecular weight excluding hydrogens is 653 g/mol. The second kappa shape index (κ2) is 13.2. The lowest BCUT2D eigenvalue weighted by Gasteiger charge is -2.18. The van der Waals surface area contributed by atoms with Gasteiger partial charge in [-0.1, -0.05) is 0 Å². The summed E-state index contributed by atoms with van der Waals surface area (Å²) in [5.74, 6) is -3.00. The average Bonchev–Trinajstić information content (AvgIpc) is 2.87. The number of nitrogens with zero attached hydrogens (tertiary/aromatic N) is 2. The van der Waals surface area contributed by atoms with Gasteiger partial charge in [0.15, 0.2) is 11.6 Å². The second-order valence-corrected chi connectivity index (χ2v) is 10.7. The Labute approximate surface area is 236 Å². The maximum absolute atomic E-state index is 15.2. The first-order chi connectivity index (χ1) is 18.5. The van der Waals surface area contributed by atoms with E-state index >= 15 is 4.39 Å². The number of carbonyl (C=O) groups is 1. The fraction of sp³-hybridized carbons (Fsp3) is 0.261. The van der Waals surface area contributed by atoms with Gasteiger partial charge < -0.3 is 10.1 Å². The van der Waals surface area contributed by atoms with Crippen molar-refractivity contribution in [1.82, 2.24) is 19.8 Å². The second-order valence-electron chi connectivity index (χ2n) is 7.98. The summed E-state index contributed by atoms with van der Waals surface area (Å²) in [6.07, 6.45) is 0.849. The van der Waals surface area contributed by atoms with Crippen molar-refractivity contribution >= 4 is 56.0 Å². The number of carbonyl (C=O) groups excluding carboxylic acids is 1. The molecule has 0 bridgehead atoms. The number of ether oxygens (including phenoxy) is 1. The molecule has 0 aliphatic heterocycles. The number of nitrogens with one attached hydrogen (secondary N) is 4. The summed E-state index contributed by atoms with van der Waals surface area (Å²) >= 11 is 1.94. The number of hydrogen-bond acceptors (Lipinski definition) is 8. The summed E-state index contributed by atoms with van der Waals surface area (Å²) in [5.41, 5.74) is 1.38. The van der Waals surface area contributed by atoms with Crippen LogP contribution < -0.4 is 25.8 Å². The van der Waals surface area contributed by atoms with Crippen molar-refractivity contribution in [2.75, 3.05) is 37.4 Å². The molecule has 16 heteroatoms. The maximum Gasteiger partial charge on any atom is 0.300 e. The highest BCUT2D eigenvalue weighted by Crippen LogP contribution is 2.25. The van der Waals surface area contributed by atoms with Gasteiger partial charge in [0.25, 0.3) is 21.7 Å². The molecule has 0 unspecified atom stereocenters. The first-order valence-corrected chi connectivity index (χ1v) is 13.7. The van der Waals surface area contributed by atoms with Crippen molar-refractivity contribution in [3.63, 3.8) is 0 Å². The molecule has 0 spiro atoms. The third-order valence-electron chi connectivity index (χ3n) is 5.29. The highest BCUT2D eigenvalue weighted by molar-refractivity contribution is 14.1. The smallest absolute Gasteiger partial charge is 0.300 e. The van der Waals surface area contributed by atoms with Crippen molar-refractivity contribution < 1.29 is 31.6 Å². The average molecular weight is 678 g/mol. The minimum absolute atomic E-state index is 0.00971. The first-order valence-electron chi connectivity index (χ1n) is 11.2. The van der Waals surface area contributed by atoms with Crippen LogP contribution in [0.1, 0.15) is 21.5 Å². The molecule has 39 heavy (non-hydrogen) atoms. The number of amides is 1. The van der Waals surface area contributed by atoms with Gasteiger partial charge >= 0.3 is 0 Å². The van der Waals surface area contributed by atoms with Crippen LogP contribution >= 0.6 is 22.6 Å². The maximum atomic E-state index is 15.2. The molecule has 0 fully saturated rings. The number of rotatable bonds is 12. The Kier molecular flexibility index (Phi) is 10.3. The number of benzene rings is 1. The highest BCUT2D eigenvalue weighted by atomic mass is 127.